The van der Waals surface area contributed by atoms with Gasteiger partial charge in [-0.3, -0.25) is 9.48 Å². The molecule has 0 saturated heterocycles. The topological polar surface area (TPSA) is 75.5 Å². The SMILES string of the molecule is Cc1ccc(S(=O)(=O)N(C)CC(=O)N(Cc2cnn(C)c2)C(C)C)cc1C. The number of sulfonamides is 1. The van der Waals surface area contributed by atoms with Crippen LogP contribution in [0.1, 0.15) is 30.5 Å². The van der Waals surface area contributed by atoms with Crippen LogP contribution in [-0.4, -0.2) is 52.9 Å². The normalized spacial score (nSPS) is 12.0. The minimum absolute atomic E-state index is 0.0598. The molecule has 0 atom stereocenters. The zero-order valence-corrected chi connectivity index (χ0v) is 17.6. The molecule has 0 radical (unpaired) electrons. The number of nitrogens with zero attached hydrogens (tertiary/aromatic N) is 4. The van der Waals surface area contributed by atoms with Crippen molar-refractivity contribution < 1.29 is 13.2 Å². The molecule has 0 N–H and O–H groups in total. The van der Waals surface area contributed by atoms with Crippen LogP contribution in [0.4, 0.5) is 0 Å². The van der Waals surface area contributed by atoms with Gasteiger partial charge in [-0.2, -0.15) is 9.40 Å². The minimum atomic E-state index is -3.73. The van der Waals surface area contributed by atoms with Gasteiger partial charge in [0.05, 0.1) is 17.6 Å². The Morgan fingerprint density at radius 2 is 1.89 bits per heavy atom. The molecule has 8 heteroatoms. The van der Waals surface area contributed by atoms with Crippen molar-refractivity contribution in [2.45, 2.75) is 45.2 Å². The van der Waals surface area contributed by atoms with Crippen molar-refractivity contribution in [2.24, 2.45) is 7.05 Å². The third kappa shape index (κ3) is 4.95. The Labute approximate surface area is 161 Å². The van der Waals surface area contributed by atoms with Gasteiger partial charge in [0.1, 0.15) is 0 Å². The average Bonchev–Trinajstić information content (AvgIpc) is 2.99. The Kier molecular flexibility index (Phi) is 6.43. The van der Waals surface area contributed by atoms with E-state index in [1.54, 1.807) is 34.0 Å². The first kappa shape index (κ1) is 21.1. The molecule has 0 aliphatic carbocycles. The maximum atomic E-state index is 12.8. The number of likely N-dealkylation sites (N-methyl/N-ethyl adjacent to an activating group) is 1. The van der Waals surface area contributed by atoms with Gasteiger partial charge in [-0.05, 0) is 51.0 Å². The van der Waals surface area contributed by atoms with Gasteiger partial charge in [-0.1, -0.05) is 6.07 Å². The van der Waals surface area contributed by atoms with E-state index in [9.17, 15) is 13.2 Å². The molecular formula is C19H28N4O3S. The Hall–Kier alpha value is -2.19. The zero-order chi connectivity index (χ0) is 20.4. The van der Waals surface area contributed by atoms with E-state index >= 15 is 0 Å². The number of aryl methyl sites for hydroxylation is 3. The van der Waals surface area contributed by atoms with Crippen molar-refractivity contribution in [2.75, 3.05) is 13.6 Å². The second-order valence-electron chi connectivity index (χ2n) is 7.14. The molecular weight excluding hydrogens is 364 g/mol. The lowest BCUT2D eigenvalue weighted by Crippen LogP contribution is -2.43. The van der Waals surface area contributed by atoms with Crippen LogP contribution in [0.2, 0.25) is 0 Å². The molecule has 7 nitrogen and oxygen atoms in total. The Balaban J connectivity index is 2.16. The Bertz CT molecular complexity index is 919. The van der Waals surface area contributed by atoms with Gasteiger partial charge in [0.15, 0.2) is 0 Å². The number of benzene rings is 1. The molecule has 1 amide bonds. The van der Waals surface area contributed by atoms with Gasteiger partial charge < -0.3 is 4.90 Å². The fourth-order valence-corrected chi connectivity index (χ4v) is 3.94. The summed E-state index contributed by atoms with van der Waals surface area (Å²) in [6.45, 7) is 7.79. The molecule has 0 bridgehead atoms. The minimum Gasteiger partial charge on any atom is -0.335 e. The zero-order valence-electron chi connectivity index (χ0n) is 16.8. The van der Waals surface area contributed by atoms with E-state index in [4.69, 9.17) is 0 Å². The number of hydrogen-bond acceptors (Lipinski definition) is 4. The van der Waals surface area contributed by atoms with Crippen LogP contribution in [0.15, 0.2) is 35.5 Å². The number of carbonyl (C=O) groups is 1. The monoisotopic (exact) mass is 392 g/mol. The quantitative estimate of drug-likeness (QED) is 0.723. The first-order valence-electron chi connectivity index (χ1n) is 8.83. The van der Waals surface area contributed by atoms with E-state index in [-0.39, 0.29) is 23.4 Å². The molecule has 0 aliphatic rings. The predicted octanol–water partition coefficient (Wildman–Crippen LogP) is 2.09. The lowest BCUT2D eigenvalue weighted by atomic mass is 10.1. The van der Waals surface area contributed by atoms with Crippen LogP contribution >= 0.6 is 0 Å². The summed E-state index contributed by atoms with van der Waals surface area (Å²) in [7, 11) is -0.482. The number of hydrogen-bond donors (Lipinski definition) is 0. The molecule has 0 aliphatic heterocycles. The smallest absolute Gasteiger partial charge is 0.243 e. The Morgan fingerprint density at radius 3 is 2.41 bits per heavy atom. The first-order valence-corrected chi connectivity index (χ1v) is 10.3. The van der Waals surface area contributed by atoms with Crippen molar-refractivity contribution in [3.63, 3.8) is 0 Å². The van der Waals surface area contributed by atoms with Crippen molar-refractivity contribution >= 4 is 15.9 Å². The molecule has 1 aromatic carbocycles. The van der Waals surface area contributed by atoms with E-state index in [1.807, 2.05) is 40.9 Å². The van der Waals surface area contributed by atoms with Crippen LogP contribution in [0.25, 0.3) is 0 Å². The number of carbonyl (C=O) groups excluding carboxylic acids is 1. The van der Waals surface area contributed by atoms with E-state index in [0.717, 1.165) is 21.0 Å². The van der Waals surface area contributed by atoms with Crippen molar-refractivity contribution in [1.29, 1.82) is 0 Å². The molecule has 1 aromatic heterocycles. The number of rotatable bonds is 7. The van der Waals surface area contributed by atoms with Crippen molar-refractivity contribution in [3.8, 4) is 0 Å². The van der Waals surface area contributed by atoms with E-state index < -0.39 is 10.0 Å². The Morgan fingerprint density at radius 1 is 1.22 bits per heavy atom. The van der Waals surface area contributed by atoms with E-state index in [1.165, 1.54) is 7.05 Å². The summed E-state index contributed by atoms with van der Waals surface area (Å²) >= 11 is 0. The van der Waals surface area contributed by atoms with Gasteiger partial charge >= 0.3 is 0 Å². The number of amides is 1. The van der Waals surface area contributed by atoms with Gasteiger partial charge in [0.2, 0.25) is 15.9 Å². The summed E-state index contributed by atoms with van der Waals surface area (Å²) < 4.78 is 28.4. The lowest BCUT2D eigenvalue weighted by molar-refractivity contribution is -0.133. The van der Waals surface area contributed by atoms with Gasteiger partial charge in [0, 0.05) is 38.4 Å². The highest BCUT2D eigenvalue weighted by molar-refractivity contribution is 7.89. The lowest BCUT2D eigenvalue weighted by Gasteiger charge is -2.28. The maximum absolute atomic E-state index is 12.8. The molecule has 2 aromatic rings. The highest BCUT2D eigenvalue weighted by Gasteiger charge is 2.26. The molecule has 0 unspecified atom stereocenters. The maximum Gasteiger partial charge on any atom is 0.243 e. The second kappa shape index (κ2) is 8.22. The standard InChI is InChI=1S/C19H28N4O3S/c1-14(2)23(12-17-10-20-21(5)11-17)19(24)13-22(6)27(25,26)18-8-7-15(3)16(4)9-18/h7-11,14H,12-13H2,1-6H3. The molecule has 0 spiro atoms. The molecule has 0 fully saturated rings. The van der Waals surface area contributed by atoms with Crippen LogP contribution in [0, 0.1) is 13.8 Å². The molecule has 1 heterocycles. The highest BCUT2D eigenvalue weighted by atomic mass is 32.2. The fourth-order valence-electron chi connectivity index (χ4n) is 2.73. The van der Waals surface area contributed by atoms with Crippen LogP contribution in [0.5, 0.6) is 0 Å². The third-order valence-electron chi connectivity index (χ3n) is 4.60. The van der Waals surface area contributed by atoms with Gasteiger partial charge in [-0.15, -0.1) is 0 Å². The summed E-state index contributed by atoms with van der Waals surface area (Å²) in [5, 5.41) is 4.12. The van der Waals surface area contributed by atoms with Crippen LogP contribution in [0.3, 0.4) is 0 Å². The van der Waals surface area contributed by atoms with Gasteiger partial charge in [-0.25, -0.2) is 8.42 Å². The summed E-state index contributed by atoms with van der Waals surface area (Å²) in [5.41, 5.74) is 2.82. The fraction of sp³-hybridized carbons (Fsp3) is 0.474. The average molecular weight is 393 g/mol. The largest absolute Gasteiger partial charge is 0.335 e. The highest BCUT2D eigenvalue weighted by Crippen LogP contribution is 2.19. The molecule has 148 valence electrons. The summed E-state index contributed by atoms with van der Waals surface area (Å²) in [4.78, 5) is 14.7. The third-order valence-corrected chi connectivity index (χ3v) is 6.40. The predicted molar refractivity (Wildman–Crippen MR) is 105 cm³/mol. The van der Waals surface area contributed by atoms with E-state index in [0.29, 0.717) is 6.54 Å². The molecule has 27 heavy (non-hydrogen) atoms. The van der Waals surface area contributed by atoms with Crippen LogP contribution < -0.4 is 0 Å². The summed E-state index contributed by atoms with van der Waals surface area (Å²) in [6.07, 6.45) is 3.55. The van der Waals surface area contributed by atoms with Crippen molar-refractivity contribution in [1.82, 2.24) is 19.0 Å². The number of aromatic nitrogens is 2. The summed E-state index contributed by atoms with van der Waals surface area (Å²) in [6, 6.07) is 4.94. The summed E-state index contributed by atoms with van der Waals surface area (Å²) in [5.74, 6) is -0.247. The molecule has 2 rings (SSSR count). The van der Waals surface area contributed by atoms with E-state index in [2.05, 4.69) is 5.10 Å². The van der Waals surface area contributed by atoms with Crippen molar-refractivity contribution in [3.05, 3.63) is 47.3 Å². The van der Waals surface area contributed by atoms with Gasteiger partial charge in [0.25, 0.3) is 0 Å². The molecule has 0 saturated carbocycles. The second-order valence-corrected chi connectivity index (χ2v) is 9.19. The first-order chi connectivity index (χ1) is 12.5. The van der Waals surface area contributed by atoms with Crippen LogP contribution in [-0.2, 0) is 28.4 Å².